The summed E-state index contributed by atoms with van der Waals surface area (Å²) in [7, 11) is -0.569. The summed E-state index contributed by atoms with van der Waals surface area (Å²) >= 11 is 5.97. The highest BCUT2D eigenvalue weighted by Crippen LogP contribution is 2.38. The molecule has 1 aliphatic heterocycles. The number of halogens is 1. The molecule has 0 spiro atoms. The van der Waals surface area contributed by atoms with Gasteiger partial charge >= 0.3 is 13.2 Å². The summed E-state index contributed by atoms with van der Waals surface area (Å²) in [4.78, 5) is 12.1. The quantitative estimate of drug-likeness (QED) is 0.741. The Morgan fingerprint density at radius 2 is 1.67 bits per heavy atom. The fraction of sp³-hybridized carbons (Fsp3) is 0.550. The van der Waals surface area contributed by atoms with Gasteiger partial charge in [0.25, 0.3) is 0 Å². The second-order valence-corrected chi connectivity index (χ2v) is 9.15. The van der Waals surface area contributed by atoms with Crippen molar-refractivity contribution in [1.29, 1.82) is 0 Å². The second kappa shape index (κ2) is 7.86. The predicted octanol–water partition coefficient (Wildman–Crippen LogP) is 4.88. The first-order valence-corrected chi connectivity index (χ1v) is 9.45. The van der Waals surface area contributed by atoms with E-state index in [2.05, 4.69) is 5.32 Å². The number of alkyl carbamates (subject to hydrolysis) is 1. The molecule has 0 unspecified atom stereocenters. The van der Waals surface area contributed by atoms with Gasteiger partial charge in [-0.25, -0.2) is 4.79 Å². The maximum absolute atomic E-state index is 12.1. The minimum atomic E-state index is -0.569. The van der Waals surface area contributed by atoms with Gasteiger partial charge in [0, 0.05) is 11.6 Å². The average Bonchev–Trinajstić information content (AvgIpc) is 2.72. The second-order valence-electron chi connectivity index (χ2n) is 8.71. The Morgan fingerprint density at radius 3 is 2.15 bits per heavy atom. The molecule has 0 bridgehead atoms. The summed E-state index contributed by atoms with van der Waals surface area (Å²) in [6.07, 6.45) is 1.46. The highest BCUT2D eigenvalue weighted by Gasteiger charge is 2.52. The molecule has 1 fully saturated rings. The first-order valence-electron chi connectivity index (χ1n) is 9.08. The van der Waals surface area contributed by atoms with E-state index in [1.807, 2.05) is 78.8 Å². The summed E-state index contributed by atoms with van der Waals surface area (Å²) in [5.74, 6) is 0. The van der Waals surface area contributed by atoms with Gasteiger partial charge in [-0.1, -0.05) is 29.8 Å². The first-order chi connectivity index (χ1) is 12.3. The molecule has 148 valence electrons. The molecule has 5 nitrogen and oxygen atoms in total. The molecule has 0 saturated carbocycles. The molecule has 2 rings (SSSR count). The monoisotopic (exact) mass is 393 g/mol. The lowest BCUT2D eigenvalue weighted by atomic mass is 9.77. The largest absolute Gasteiger partial charge is 0.492 e. The van der Waals surface area contributed by atoms with Crippen LogP contribution in [0.25, 0.3) is 6.08 Å². The Labute approximate surface area is 167 Å². The van der Waals surface area contributed by atoms with Crippen molar-refractivity contribution in [3.05, 3.63) is 40.3 Å². The van der Waals surface area contributed by atoms with E-state index < -0.39 is 30.0 Å². The normalized spacial score (nSPS) is 19.1. The molecule has 1 aromatic carbocycles. The van der Waals surface area contributed by atoms with E-state index in [0.29, 0.717) is 5.02 Å². The van der Waals surface area contributed by atoms with Crippen LogP contribution in [0.5, 0.6) is 0 Å². The number of hydrogen-bond donors (Lipinski definition) is 1. The number of benzene rings is 1. The number of amides is 1. The van der Waals surface area contributed by atoms with E-state index in [-0.39, 0.29) is 6.54 Å². The molecular formula is C20H29BClNO4. The SMILES string of the molecule is CC(C)(C)OC(=O)NCC(=Cc1ccc(Cl)cc1)B1OC(C)(C)C(C)(C)O1. The molecule has 1 N–H and O–H groups in total. The Balaban J connectivity index is 2.22. The highest BCUT2D eigenvalue weighted by molar-refractivity contribution is 6.56. The molecule has 1 aliphatic rings. The van der Waals surface area contributed by atoms with Gasteiger partial charge in [0.2, 0.25) is 0 Å². The van der Waals surface area contributed by atoms with Crippen LogP contribution in [0.4, 0.5) is 4.79 Å². The molecule has 0 aromatic heterocycles. The standard InChI is InChI=1S/C20H29BClNO4/c1-18(2,3)25-17(24)23-13-15(12-14-8-10-16(22)11-9-14)21-26-19(4,5)20(6,7)27-21/h8-12H,13H2,1-7H3,(H,23,24). The lowest BCUT2D eigenvalue weighted by Gasteiger charge is -2.32. The van der Waals surface area contributed by atoms with Crippen molar-refractivity contribution in [3.8, 4) is 0 Å². The molecule has 1 aromatic rings. The molecule has 1 amide bonds. The van der Waals surface area contributed by atoms with E-state index in [1.54, 1.807) is 0 Å². The van der Waals surface area contributed by atoms with Crippen LogP contribution in [0.15, 0.2) is 29.7 Å². The van der Waals surface area contributed by atoms with E-state index in [0.717, 1.165) is 11.0 Å². The minimum absolute atomic E-state index is 0.244. The van der Waals surface area contributed by atoms with Crippen LogP contribution in [0.3, 0.4) is 0 Å². The Kier molecular flexibility index (Phi) is 6.35. The van der Waals surface area contributed by atoms with Crippen LogP contribution in [0.2, 0.25) is 5.02 Å². The van der Waals surface area contributed by atoms with Crippen molar-refractivity contribution in [1.82, 2.24) is 5.32 Å². The fourth-order valence-corrected chi connectivity index (χ4v) is 2.58. The van der Waals surface area contributed by atoms with Crippen molar-refractivity contribution < 1.29 is 18.8 Å². The summed E-state index contributed by atoms with van der Waals surface area (Å²) < 4.78 is 17.6. The van der Waals surface area contributed by atoms with Crippen molar-refractivity contribution in [2.45, 2.75) is 65.3 Å². The first kappa shape index (κ1) is 21.8. The molecule has 1 heterocycles. The average molecular weight is 394 g/mol. The molecule has 0 aliphatic carbocycles. The van der Waals surface area contributed by atoms with E-state index in [1.165, 1.54) is 0 Å². The van der Waals surface area contributed by atoms with Crippen LogP contribution in [0.1, 0.15) is 54.0 Å². The van der Waals surface area contributed by atoms with Crippen LogP contribution >= 0.6 is 11.6 Å². The Hall–Kier alpha value is -1.50. The Morgan fingerprint density at radius 1 is 1.15 bits per heavy atom. The topological polar surface area (TPSA) is 56.8 Å². The predicted molar refractivity (Wildman–Crippen MR) is 110 cm³/mol. The third kappa shape index (κ3) is 5.99. The number of carbonyl (C=O) groups is 1. The van der Waals surface area contributed by atoms with Crippen LogP contribution in [-0.4, -0.2) is 36.6 Å². The number of carbonyl (C=O) groups excluding carboxylic acids is 1. The van der Waals surface area contributed by atoms with Gasteiger partial charge in [0.1, 0.15) is 5.60 Å². The van der Waals surface area contributed by atoms with Gasteiger partial charge in [0.05, 0.1) is 11.2 Å². The number of rotatable bonds is 4. The summed E-state index contributed by atoms with van der Waals surface area (Å²) in [6.45, 7) is 13.7. The Bertz CT molecular complexity index is 692. The van der Waals surface area contributed by atoms with Gasteiger partial charge in [-0.15, -0.1) is 0 Å². The molecule has 0 atom stereocenters. The van der Waals surface area contributed by atoms with Crippen molar-refractivity contribution in [3.63, 3.8) is 0 Å². The van der Waals surface area contributed by atoms with E-state index >= 15 is 0 Å². The lowest BCUT2D eigenvalue weighted by molar-refractivity contribution is 0.00578. The molecule has 7 heteroatoms. The van der Waals surface area contributed by atoms with E-state index in [9.17, 15) is 4.79 Å². The smallest absolute Gasteiger partial charge is 0.444 e. The van der Waals surface area contributed by atoms with Gasteiger partial charge in [-0.3, -0.25) is 0 Å². The number of ether oxygens (including phenoxy) is 1. The molecule has 0 radical (unpaired) electrons. The maximum Gasteiger partial charge on any atom is 0.492 e. The van der Waals surface area contributed by atoms with Crippen molar-refractivity contribution in [2.24, 2.45) is 0 Å². The maximum atomic E-state index is 12.1. The summed E-state index contributed by atoms with van der Waals surface area (Å²) in [5, 5.41) is 3.45. The van der Waals surface area contributed by atoms with Gasteiger partial charge in [-0.05, 0) is 71.6 Å². The lowest BCUT2D eigenvalue weighted by Crippen LogP contribution is -2.41. The van der Waals surface area contributed by atoms with Gasteiger partial charge < -0.3 is 19.4 Å². The zero-order valence-electron chi connectivity index (χ0n) is 17.2. The van der Waals surface area contributed by atoms with Crippen LogP contribution < -0.4 is 5.32 Å². The van der Waals surface area contributed by atoms with Crippen LogP contribution in [0, 0.1) is 0 Å². The van der Waals surface area contributed by atoms with Crippen molar-refractivity contribution in [2.75, 3.05) is 6.54 Å². The van der Waals surface area contributed by atoms with E-state index in [4.69, 9.17) is 25.6 Å². The summed E-state index contributed by atoms with van der Waals surface area (Å²) in [6, 6.07) is 7.44. The van der Waals surface area contributed by atoms with Crippen LogP contribution in [-0.2, 0) is 14.0 Å². The third-order valence-electron chi connectivity index (χ3n) is 4.61. The molecular weight excluding hydrogens is 364 g/mol. The van der Waals surface area contributed by atoms with Gasteiger partial charge in [0.15, 0.2) is 0 Å². The minimum Gasteiger partial charge on any atom is -0.444 e. The highest BCUT2D eigenvalue weighted by atomic mass is 35.5. The summed E-state index contributed by atoms with van der Waals surface area (Å²) in [5.41, 5.74) is 0.233. The zero-order valence-corrected chi connectivity index (χ0v) is 17.9. The molecule has 1 saturated heterocycles. The fourth-order valence-electron chi connectivity index (χ4n) is 2.46. The number of hydrogen-bond acceptors (Lipinski definition) is 4. The van der Waals surface area contributed by atoms with Gasteiger partial charge in [-0.2, -0.15) is 0 Å². The van der Waals surface area contributed by atoms with Crippen molar-refractivity contribution >= 4 is 30.9 Å². The number of nitrogens with one attached hydrogen (secondary N) is 1. The molecule has 27 heavy (non-hydrogen) atoms. The zero-order chi connectivity index (χ0) is 20.5. The third-order valence-corrected chi connectivity index (χ3v) is 4.87.